The van der Waals surface area contributed by atoms with Gasteiger partial charge < -0.3 is 14.2 Å². The Morgan fingerprint density at radius 3 is 2.46 bits per heavy atom. The SMILES string of the molecule is CC(C)(CCOC(=O)CCS)OCCC(C)(C)OC1=CCCC=C1. The molecule has 0 fully saturated rings. The van der Waals surface area contributed by atoms with E-state index >= 15 is 0 Å². The zero-order valence-electron chi connectivity index (χ0n) is 15.5. The first-order valence-corrected chi connectivity index (χ1v) is 9.33. The summed E-state index contributed by atoms with van der Waals surface area (Å²) in [5.41, 5.74) is -0.607. The summed E-state index contributed by atoms with van der Waals surface area (Å²) in [5, 5.41) is 0. The number of esters is 1. The van der Waals surface area contributed by atoms with Crippen LogP contribution in [0.3, 0.4) is 0 Å². The number of hydrogen-bond donors (Lipinski definition) is 1. The van der Waals surface area contributed by atoms with Crippen LogP contribution in [0.1, 0.15) is 59.8 Å². The van der Waals surface area contributed by atoms with Crippen LogP contribution in [0.25, 0.3) is 0 Å². The number of thiol groups is 1. The molecule has 24 heavy (non-hydrogen) atoms. The summed E-state index contributed by atoms with van der Waals surface area (Å²) in [5.74, 6) is 1.25. The molecule has 0 saturated heterocycles. The number of allylic oxidation sites excluding steroid dienone is 3. The van der Waals surface area contributed by atoms with E-state index in [-0.39, 0.29) is 17.2 Å². The Labute approximate surface area is 152 Å². The third-order valence-corrected chi connectivity index (χ3v) is 4.06. The molecule has 0 bridgehead atoms. The van der Waals surface area contributed by atoms with Crippen molar-refractivity contribution >= 4 is 18.6 Å². The number of ether oxygens (including phenoxy) is 3. The number of hydrogen-bond acceptors (Lipinski definition) is 5. The Balaban J connectivity index is 2.26. The molecule has 0 heterocycles. The molecule has 0 spiro atoms. The van der Waals surface area contributed by atoms with Crippen LogP contribution in [0.15, 0.2) is 24.0 Å². The van der Waals surface area contributed by atoms with Crippen LogP contribution in [0.2, 0.25) is 0 Å². The maximum absolute atomic E-state index is 11.3. The van der Waals surface area contributed by atoms with Crippen LogP contribution < -0.4 is 0 Å². The second kappa shape index (κ2) is 10.1. The molecule has 0 atom stereocenters. The van der Waals surface area contributed by atoms with Gasteiger partial charge in [-0.2, -0.15) is 12.6 Å². The lowest BCUT2D eigenvalue weighted by Gasteiger charge is -2.31. The predicted molar refractivity (Wildman–Crippen MR) is 100 cm³/mol. The van der Waals surface area contributed by atoms with Crippen LogP contribution in [0.5, 0.6) is 0 Å². The Hall–Kier alpha value is -0.940. The van der Waals surface area contributed by atoms with Crippen molar-refractivity contribution < 1.29 is 19.0 Å². The minimum Gasteiger partial charge on any atom is -0.488 e. The standard InChI is InChI=1S/C19H32O4S/c1-18(2,11-13-21-17(20)10-15-24)22-14-12-19(3,4)23-16-8-6-5-7-9-16/h6,8-9,24H,5,7,10-15H2,1-4H3. The lowest BCUT2D eigenvalue weighted by molar-refractivity contribution is -0.145. The maximum atomic E-state index is 11.3. The third-order valence-electron chi connectivity index (χ3n) is 3.84. The molecular weight excluding hydrogens is 324 g/mol. The number of carbonyl (C=O) groups excluding carboxylic acids is 1. The van der Waals surface area contributed by atoms with Gasteiger partial charge in [-0.25, -0.2) is 0 Å². The summed E-state index contributed by atoms with van der Waals surface area (Å²) in [6, 6.07) is 0. The Bertz CT molecular complexity index is 452. The van der Waals surface area contributed by atoms with Crippen molar-refractivity contribution in [2.45, 2.75) is 71.0 Å². The molecule has 0 aliphatic heterocycles. The van der Waals surface area contributed by atoms with Crippen LogP contribution in [-0.4, -0.2) is 36.1 Å². The maximum Gasteiger partial charge on any atom is 0.306 e. The lowest BCUT2D eigenvalue weighted by Crippen LogP contribution is -2.31. The first kappa shape index (κ1) is 21.1. The summed E-state index contributed by atoms with van der Waals surface area (Å²) in [6.07, 6.45) is 10.2. The van der Waals surface area contributed by atoms with E-state index in [1.165, 1.54) is 0 Å². The first-order valence-electron chi connectivity index (χ1n) is 8.70. The average Bonchev–Trinajstić information content (AvgIpc) is 2.47. The fraction of sp³-hybridized carbons (Fsp3) is 0.737. The van der Waals surface area contributed by atoms with Crippen LogP contribution in [0, 0.1) is 0 Å². The number of rotatable bonds is 11. The highest BCUT2D eigenvalue weighted by atomic mass is 32.1. The Kier molecular flexibility index (Phi) is 8.92. The molecule has 1 aliphatic carbocycles. The average molecular weight is 357 g/mol. The van der Waals surface area contributed by atoms with E-state index in [4.69, 9.17) is 14.2 Å². The van der Waals surface area contributed by atoms with Crippen molar-refractivity contribution in [2.24, 2.45) is 0 Å². The smallest absolute Gasteiger partial charge is 0.306 e. The van der Waals surface area contributed by atoms with Gasteiger partial charge in [-0.05, 0) is 52.7 Å². The van der Waals surface area contributed by atoms with Crippen molar-refractivity contribution in [3.63, 3.8) is 0 Å². The van der Waals surface area contributed by atoms with Crippen molar-refractivity contribution in [1.82, 2.24) is 0 Å². The molecule has 1 rings (SSSR count). The highest BCUT2D eigenvalue weighted by molar-refractivity contribution is 7.80. The van der Waals surface area contributed by atoms with Crippen LogP contribution in [0.4, 0.5) is 0 Å². The van der Waals surface area contributed by atoms with E-state index in [0.717, 1.165) is 25.0 Å². The topological polar surface area (TPSA) is 44.8 Å². The van der Waals surface area contributed by atoms with E-state index in [1.54, 1.807) is 0 Å². The molecule has 0 amide bonds. The van der Waals surface area contributed by atoms with Gasteiger partial charge in [-0.1, -0.05) is 6.08 Å². The summed E-state index contributed by atoms with van der Waals surface area (Å²) < 4.78 is 17.2. The van der Waals surface area contributed by atoms with Gasteiger partial charge in [0.2, 0.25) is 0 Å². The molecule has 0 aromatic carbocycles. The van der Waals surface area contributed by atoms with Crippen molar-refractivity contribution in [2.75, 3.05) is 19.0 Å². The highest BCUT2D eigenvalue weighted by Crippen LogP contribution is 2.24. The van der Waals surface area contributed by atoms with E-state index in [0.29, 0.717) is 31.8 Å². The van der Waals surface area contributed by atoms with Gasteiger partial charge in [-0.15, -0.1) is 0 Å². The van der Waals surface area contributed by atoms with Gasteiger partial charge >= 0.3 is 5.97 Å². The fourth-order valence-electron chi connectivity index (χ4n) is 2.25. The first-order chi connectivity index (χ1) is 11.2. The zero-order chi connectivity index (χ0) is 18.1. The number of carbonyl (C=O) groups is 1. The summed E-state index contributed by atoms with van der Waals surface area (Å²) in [4.78, 5) is 11.3. The van der Waals surface area contributed by atoms with Gasteiger partial charge in [0.15, 0.2) is 0 Å². The monoisotopic (exact) mass is 356 g/mol. The van der Waals surface area contributed by atoms with Gasteiger partial charge in [-0.3, -0.25) is 4.79 Å². The Morgan fingerprint density at radius 2 is 1.83 bits per heavy atom. The van der Waals surface area contributed by atoms with Gasteiger partial charge in [0.05, 0.1) is 25.2 Å². The van der Waals surface area contributed by atoms with E-state index in [9.17, 15) is 4.79 Å². The zero-order valence-corrected chi connectivity index (χ0v) is 16.4. The molecule has 138 valence electrons. The molecule has 5 heteroatoms. The summed E-state index contributed by atoms with van der Waals surface area (Å²) >= 11 is 4.01. The van der Waals surface area contributed by atoms with E-state index in [2.05, 4.69) is 38.6 Å². The largest absolute Gasteiger partial charge is 0.488 e. The normalized spacial score (nSPS) is 15.1. The molecule has 1 aliphatic rings. The molecular formula is C19H32O4S. The minimum atomic E-state index is -0.332. The predicted octanol–water partition coefficient (Wildman–Crippen LogP) is 4.45. The minimum absolute atomic E-state index is 0.204. The fourth-order valence-corrected chi connectivity index (χ4v) is 2.44. The molecule has 0 saturated carbocycles. The molecule has 0 aromatic rings. The van der Waals surface area contributed by atoms with E-state index < -0.39 is 0 Å². The highest BCUT2D eigenvalue weighted by Gasteiger charge is 2.24. The molecule has 4 nitrogen and oxygen atoms in total. The van der Waals surface area contributed by atoms with Gasteiger partial charge in [0.25, 0.3) is 0 Å². The van der Waals surface area contributed by atoms with E-state index in [1.807, 2.05) is 19.9 Å². The Morgan fingerprint density at radius 1 is 1.12 bits per heavy atom. The van der Waals surface area contributed by atoms with Crippen molar-refractivity contribution in [1.29, 1.82) is 0 Å². The lowest BCUT2D eigenvalue weighted by atomic mass is 10.0. The van der Waals surface area contributed by atoms with Crippen LogP contribution in [-0.2, 0) is 19.0 Å². The van der Waals surface area contributed by atoms with Gasteiger partial charge in [0, 0.05) is 18.6 Å². The van der Waals surface area contributed by atoms with Gasteiger partial charge in [0.1, 0.15) is 11.4 Å². The quantitative estimate of drug-likeness (QED) is 0.439. The van der Waals surface area contributed by atoms with Crippen LogP contribution >= 0.6 is 12.6 Å². The second-order valence-electron chi connectivity index (χ2n) is 7.25. The van der Waals surface area contributed by atoms with Crippen molar-refractivity contribution in [3.05, 3.63) is 24.0 Å². The molecule has 0 radical (unpaired) electrons. The summed E-state index contributed by atoms with van der Waals surface area (Å²) in [6.45, 7) is 9.15. The summed E-state index contributed by atoms with van der Waals surface area (Å²) in [7, 11) is 0. The third kappa shape index (κ3) is 9.38. The molecule has 0 unspecified atom stereocenters. The van der Waals surface area contributed by atoms with Crippen molar-refractivity contribution in [3.8, 4) is 0 Å². The second-order valence-corrected chi connectivity index (χ2v) is 7.70. The molecule has 0 aromatic heterocycles. The molecule has 0 N–H and O–H groups in total.